The fourth-order valence-electron chi connectivity index (χ4n) is 2.77. The van der Waals surface area contributed by atoms with Gasteiger partial charge in [-0.3, -0.25) is 14.4 Å². The predicted octanol–water partition coefficient (Wildman–Crippen LogP) is 1.91. The Morgan fingerprint density at radius 1 is 1.38 bits per heavy atom. The lowest BCUT2D eigenvalue weighted by Crippen LogP contribution is -2.44. The first kappa shape index (κ1) is 19.6. The van der Waals surface area contributed by atoms with Crippen LogP contribution in [0.4, 0.5) is 4.39 Å². The van der Waals surface area contributed by atoms with Gasteiger partial charge in [0.05, 0.1) is 5.92 Å². The second-order valence-corrected chi connectivity index (χ2v) is 6.21. The molecule has 0 aromatic heterocycles. The van der Waals surface area contributed by atoms with Gasteiger partial charge in [0, 0.05) is 25.2 Å². The second kappa shape index (κ2) is 9.12. The van der Waals surface area contributed by atoms with E-state index in [0.29, 0.717) is 31.5 Å². The van der Waals surface area contributed by atoms with E-state index in [0.717, 1.165) is 0 Å². The van der Waals surface area contributed by atoms with Crippen LogP contribution in [0.15, 0.2) is 36.9 Å². The van der Waals surface area contributed by atoms with Crippen molar-refractivity contribution in [1.82, 2.24) is 10.2 Å². The van der Waals surface area contributed by atoms with Gasteiger partial charge in [0.1, 0.15) is 5.82 Å². The summed E-state index contributed by atoms with van der Waals surface area (Å²) in [6, 6.07) is 5.30. The lowest BCUT2D eigenvalue weighted by Gasteiger charge is -2.32. The van der Waals surface area contributed by atoms with Crippen LogP contribution >= 0.6 is 0 Å². The van der Waals surface area contributed by atoms with Crippen molar-refractivity contribution in [2.24, 2.45) is 5.92 Å². The highest BCUT2D eigenvalue weighted by molar-refractivity contribution is 5.94. The molecule has 0 spiro atoms. The number of esters is 1. The zero-order valence-corrected chi connectivity index (χ0v) is 14.7. The molecule has 7 heteroatoms. The van der Waals surface area contributed by atoms with Gasteiger partial charge in [-0.1, -0.05) is 6.08 Å². The van der Waals surface area contributed by atoms with Crippen LogP contribution in [0.5, 0.6) is 0 Å². The Morgan fingerprint density at radius 2 is 2.08 bits per heavy atom. The summed E-state index contributed by atoms with van der Waals surface area (Å²) in [6.45, 7) is 6.04. The van der Waals surface area contributed by atoms with E-state index in [-0.39, 0.29) is 12.5 Å². The molecule has 2 rings (SSSR count). The molecule has 1 heterocycles. The normalized spacial score (nSPS) is 17.9. The van der Waals surface area contributed by atoms with E-state index in [9.17, 15) is 18.8 Å². The van der Waals surface area contributed by atoms with E-state index in [1.54, 1.807) is 4.90 Å². The number of piperidine rings is 1. The minimum Gasteiger partial charge on any atom is -0.452 e. The average molecular weight is 362 g/mol. The Morgan fingerprint density at radius 3 is 2.73 bits per heavy atom. The third-order valence-corrected chi connectivity index (χ3v) is 4.22. The van der Waals surface area contributed by atoms with Crippen LogP contribution in [0.1, 0.15) is 30.1 Å². The standard InChI is InChI=1S/C19H23FN2O4/c1-3-10-21-17(23)13(2)26-19(25)15-5-4-11-22(12-15)18(24)14-6-8-16(20)9-7-14/h3,6-9,13,15H,1,4-5,10-12H2,2H3,(H,21,23). The number of likely N-dealkylation sites (tertiary alicyclic amines) is 1. The van der Waals surface area contributed by atoms with Crippen molar-refractivity contribution in [3.8, 4) is 0 Å². The van der Waals surface area contributed by atoms with Crippen molar-refractivity contribution in [2.45, 2.75) is 25.9 Å². The zero-order chi connectivity index (χ0) is 19.1. The maximum absolute atomic E-state index is 13.0. The lowest BCUT2D eigenvalue weighted by atomic mass is 9.97. The number of benzene rings is 1. The van der Waals surface area contributed by atoms with Gasteiger partial charge in [0.25, 0.3) is 11.8 Å². The minimum absolute atomic E-state index is 0.218. The maximum atomic E-state index is 13.0. The smallest absolute Gasteiger partial charge is 0.311 e. The molecule has 0 radical (unpaired) electrons. The number of carbonyl (C=O) groups excluding carboxylic acids is 3. The first-order chi connectivity index (χ1) is 12.4. The molecule has 0 bridgehead atoms. The summed E-state index contributed by atoms with van der Waals surface area (Å²) in [5, 5.41) is 2.56. The molecule has 1 aliphatic heterocycles. The van der Waals surface area contributed by atoms with Crippen LogP contribution in [0.2, 0.25) is 0 Å². The van der Waals surface area contributed by atoms with Crippen LogP contribution in [0.3, 0.4) is 0 Å². The number of ether oxygens (including phenoxy) is 1. The highest BCUT2D eigenvalue weighted by Crippen LogP contribution is 2.20. The number of halogens is 1. The molecule has 2 amide bonds. The summed E-state index contributed by atoms with van der Waals surface area (Å²) in [5.74, 6) is -2.04. The Bertz CT molecular complexity index is 675. The van der Waals surface area contributed by atoms with Gasteiger partial charge >= 0.3 is 5.97 Å². The molecule has 140 valence electrons. The third kappa shape index (κ3) is 5.15. The molecule has 0 saturated carbocycles. The second-order valence-electron chi connectivity index (χ2n) is 6.21. The molecule has 26 heavy (non-hydrogen) atoms. The minimum atomic E-state index is -0.911. The van der Waals surface area contributed by atoms with E-state index in [1.807, 2.05) is 0 Å². The molecule has 1 fully saturated rings. The van der Waals surface area contributed by atoms with Crippen molar-refractivity contribution in [3.05, 3.63) is 48.3 Å². The quantitative estimate of drug-likeness (QED) is 0.620. The number of nitrogens with zero attached hydrogens (tertiary/aromatic N) is 1. The Balaban J connectivity index is 1.93. The van der Waals surface area contributed by atoms with Crippen molar-refractivity contribution >= 4 is 17.8 Å². The molecule has 1 saturated heterocycles. The van der Waals surface area contributed by atoms with Gasteiger partial charge in [0.15, 0.2) is 6.10 Å². The van der Waals surface area contributed by atoms with Crippen molar-refractivity contribution < 1.29 is 23.5 Å². The maximum Gasteiger partial charge on any atom is 0.311 e. The summed E-state index contributed by atoms with van der Waals surface area (Å²) < 4.78 is 18.2. The van der Waals surface area contributed by atoms with Crippen LogP contribution in [0.25, 0.3) is 0 Å². The summed E-state index contributed by atoms with van der Waals surface area (Å²) in [6.07, 6.45) is 1.87. The molecule has 0 aliphatic carbocycles. The number of carbonyl (C=O) groups is 3. The van der Waals surface area contributed by atoms with Crippen LogP contribution in [0, 0.1) is 11.7 Å². The van der Waals surface area contributed by atoms with Crippen LogP contribution in [-0.4, -0.2) is 48.4 Å². The molecule has 1 aliphatic rings. The number of rotatable bonds is 6. The predicted molar refractivity (Wildman–Crippen MR) is 93.8 cm³/mol. The summed E-state index contributed by atoms with van der Waals surface area (Å²) in [7, 11) is 0. The van der Waals surface area contributed by atoms with Gasteiger partial charge < -0.3 is 15.0 Å². The molecule has 6 nitrogen and oxygen atoms in total. The van der Waals surface area contributed by atoms with Crippen molar-refractivity contribution in [3.63, 3.8) is 0 Å². The monoisotopic (exact) mass is 362 g/mol. The zero-order valence-electron chi connectivity index (χ0n) is 14.7. The Hall–Kier alpha value is -2.70. The number of nitrogens with one attached hydrogen (secondary N) is 1. The SMILES string of the molecule is C=CCNC(=O)C(C)OC(=O)C1CCCN(C(=O)c2ccc(F)cc2)C1. The van der Waals surface area contributed by atoms with E-state index in [1.165, 1.54) is 37.3 Å². The molecular formula is C19H23FN2O4. The summed E-state index contributed by atoms with van der Waals surface area (Å²) in [4.78, 5) is 38.2. The first-order valence-corrected chi connectivity index (χ1v) is 8.56. The van der Waals surface area contributed by atoms with Gasteiger partial charge in [-0.05, 0) is 44.0 Å². The number of amides is 2. The fraction of sp³-hybridized carbons (Fsp3) is 0.421. The van der Waals surface area contributed by atoms with Gasteiger partial charge in [0.2, 0.25) is 0 Å². The topological polar surface area (TPSA) is 75.7 Å². The van der Waals surface area contributed by atoms with Gasteiger partial charge in [-0.15, -0.1) is 6.58 Å². The number of hydrogen-bond acceptors (Lipinski definition) is 4. The van der Waals surface area contributed by atoms with E-state index < -0.39 is 29.7 Å². The van der Waals surface area contributed by atoms with E-state index in [2.05, 4.69) is 11.9 Å². The summed E-state index contributed by atoms with van der Waals surface area (Å²) in [5.41, 5.74) is 0.373. The molecule has 2 unspecified atom stereocenters. The lowest BCUT2D eigenvalue weighted by molar-refractivity contribution is -0.160. The van der Waals surface area contributed by atoms with Crippen LogP contribution in [-0.2, 0) is 14.3 Å². The van der Waals surface area contributed by atoms with Crippen molar-refractivity contribution in [1.29, 1.82) is 0 Å². The largest absolute Gasteiger partial charge is 0.452 e. The molecular weight excluding hydrogens is 339 g/mol. The third-order valence-electron chi connectivity index (χ3n) is 4.22. The Kier molecular flexibility index (Phi) is 6.89. The molecule has 1 N–H and O–H groups in total. The number of hydrogen-bond donors (Lipinski definition) is 1. The van der Waals surface area contributed by atoms with Crippen LogP contribution < -0.4 is 5.32 Å². The average Bonchev–Trinajstić information content (AvgIpc) is 2.66. The Labute approximate surface area is 152 Å². The van der Waals surface area contributed by atoms with Gasteiger partial charge in [-0.2, -0.15) is 0 Å². The van der Waals surface area contributed by atoms with Crippen molar-refractivity contribution in [2.75, 3.05) is 19.6 Å². The van der Waals surface area contributed by atoms with E-state index >= 15 is 0 Å². The first-order valence-electron chi connectivity index (χ1n) is 8.56. The molecule has 1 aromatic carbocycles. The highest BCUT2D eigenvalue weighted by Gasteiger charge is 2.31. The summed E-state index contributed by atoms with van der Waals surface area (Å²) >= 11 is 0. The molecule has 1 aromatic rings. The highest BCUT2D eigenvalue weighted by atomic mass is 19.1. The fourth-order valence-corrected chi connectivity index (χ4v) is 2.77. The van der Waals surface area contributed by atoms with E-state index in [4.69, 9.17) is 4.74 Å². The van der Waals surface area contributed by atoms with Gasteiger partial charge in [-0.25, -0.2) is 4.39 Å². The molecule has 2 atom stereocenters.